The van der Waals surface area contributed by atoms with E-state index in [2.05, 4.69) is 27.5 Å². The van der Waals surface area contributed by atoms with Gasteiger partial charge in [-0.15, -0.1) is 11.3 Å². The Balaban J connectivity index is 1.81. The average Bonchev–Trinajstić information content (AvgIpc) is 2.89. The maximum atomic E-state index is 4.34. The third-order valence-corrected chi connectivity index (χ3v) is 3.69. The first-order chi connectivity index (χ1) is 7.38. The Morgan fingerprint density at radius 1 is 1.67 bits per heavy atom. The third kappa shape index (κ3) is 3.26. The maximum Gasteiger partial charge on any atom is 0.107 e. The highest BCUT2D eigenvalue weighted by molar-refractivity contribution is 7.09. The Kier molecular flexibility index (Phi) is 4.11. The van der Waals surface area contributed by atoms with E-state index in [9.17, 15) is 0 Å². The van der Waals surface area contributed by atoms with Gasteiger partial charge in [0.25, 0.3) is 0 Å². The molecular weight excluding hydrogens is 206 g/mol. The molecule has 1 aromatic heterocycles. The van der Waals surface area contributed by atoms with E-state index < -0.39 is 0 Å². The molecule has 84 valence electrons. The molecule has 1 atom stereocenters. The maximum absolute atomic E-state index is 4.34. The molecule has 2 rings (SSSR count). The van der Waals surface area contributed by atoms with Crippen molar-refractivity contribution >= 4 is 11.3 Å². The van der Waals surface area contributed by atoms with E-state index in [0.29, 0.717) is 6.04 Å². The molecule has 1 N–H and O–H groups in total. The summed E-state index contributed by atoms with van der Waals surface area (Å²) < 4.78 is 0. The first-order valence-corrected chi connectivity index (χ1v) is 6.60. The van der Waals surface area contributed by atoms with Crippen molar-refractivity contribution in [1.82, 2.24) is 15.2 Å². The Morgan fingerprint density at radius 2 is 2.60 bits per heavy atom. The highest BCUT2D eigenvalue weighted by Gasteiger charge is 2.17. The molecule has 1 unspecified atom stereocenters. The topological polar surface area (TPSA) is 28.2 Å². The predicted octanol–water partition coefficient (Wildman–Crippen LogP) is 1.72. The SMILES string of the molecule is CCN(Cc1nccs1)CC1CCCN1. The van der Waals surface area contributed by atoms with Gasteiger partial charge < -0.3 is 5.32 Å². The third-order valence-electron chi connectivity index (χ3n) is 2.93. The largest absolute Gasteiger partial charge is 0.313 e. The van der Waals surface area contributed by atoms with Crippen LogP contribution in [0.5, 0.6) is 0 Å². The normalized spacial score (nSPS) is 21.3. The zero-order chi connectivity index (χ0) is 10.5. The molecule has 15 heavy (non-hydrogen) atoms. The van der Waals surface area contributed by atoms with E-state index in [1.165, 1.54) is 24.4 Å². The second-order valence-electron chi connectivity index (χ2n) is 4.05. The quantitative estimate of drug-likeness (QED) is 0.827. The first-order valence-electron chi connectivity index (χ1n) is 5.72. The summed E-state index contributed by atoms with van der Waals surface area (Å²) in [7, 11) is 0. The highest BCUT2D eigenvalue weighted by atomic mass is 32.1. The molecule has 0 aromatic carbocycles. The van der Waals surface area contributed by atoms with Crippen molar-refractivity contribution < 1.29 is 0 Å². The summed E-state index contributed by atoms with van der Waals surface area (Å²) in [4.78, 5) is 6.81. The fraction of sp³-hybridized carbons (Fsp3) is 0.727. The molecule has 1 fully saturated rings. The van der Waals surface area contributed by atoms with Gasteiger partial charge in [-0.25, -0.2) is 4.98 Å². The monoisotopic (exact) mass is 225 g/mol. The van der Waals surface area contributed by atoms with Crippen LogP contribution in [0.4, 0.5) is 0 Å². The van der Waals surface area contributed by atoms with Gasteiger partial charge in [0.1, 0.15) is 5.01 Å². The molecule has 0 radical (unpaired) electrons. The van der Waals surface area contributed by atoms with Crippen LogP contribution in [0, 0.1) is 0 Å². The van der Waals surface area contributed by atoms with Gasteiger partial charge in [0.15, 0.2) is 0 Å². The summed E-state index contributed by atoms with van der Waals surface area (Å²) in [6.45, 7) is 6.70. The van der Waals surface area contributed by atoms with Crippen LogP contribution >= 0.6 is 11.3 Å². The summed E-state index contributed by atoms with van der Waals surface area (Å²) in [5.74, 6) is 0. The Morgan fingerprint density at radius 3 is 3.20 bits per heavy atom. The minimum Gasteiger partial charge on any atom is -0.313 e. The summed E-state index contributed by atoms with van der Waals surface area (Å²) >= 11 is 1.75. The Labute approximate surface area is 95.5 Å². The van der Waals surface area contributed by atoms with Gasteiger partial charge in [-0.05, 0) is 25.9 Å². The van der Waals surface area contributed by atoms with Crippen molar-refractivity contribution in [3.05, 3.63) is 16.6 Å². The van der Waals surface area contributed by atoms with Gasteiger partial charge in [0.05, 0.1) is 6.54 Å². The lowest BCUT2D eigenvalue weighted by Gasteiger charge is -2.22. The number of rotatable bonds is 5. The molecule has 1 aliphatic rings. The number of aromatic nitrogens is 1. The fourth-order valence-corrected chi connectivity index (χ4v) is 2.71. The predicted molar refractivity (Wildman–Crippen MR) is 64.1 cm³/mol. The van der Waals surface area contributed by atoms with E-state index in [1.807, 2.05) is 6.20 Å². The van der Waals surface area contributed by atoms with E-state index >= 15 is 0 Å². The van der Waals surface area contributed by atoms with Crippen LogP contribution in [0.1, 0.15) is 24.8 Å². The van der Waals surface area contributed by atoms with Gasteiger partial charge >= 0.3 is 0 Å². The van der Waals surface area contributed by atoms with Crippen LogP contribution < -0.4 is 5.32 Å². The zero-order valence-corrected chi connectivity index (χ0v) is 10.1. The fourth-order valence-electron chi connectivity index (χ4n) is 2.05. The minimum absolute atomic E-state index is 0.699. The van der Waals surface area contributed by atoms with Crippen LogP contribution in [0.25, 0.3) is 0 Å². The number of likely N-dealkylation sites (N-methyl/N-ethyl adjacent to an activating group) is 1. The van der Waals surface area contributed by atoms with Gasteiger partial charge in [-0.1, -0.05) is 6.92 Å². The summed E-state index contributed by atoms with van der Waals surface area (Å²) in [5, 5.41) is 6.83. The molecule has 1 saturated heterocycles. The molecule has 0 saturated carbocycles. The molecule has 0 spiro atoms. The molecule has 0 amide bonds. The van der Waals surface area contributed by atoms with Crippen LogP contribution in [0.3, 0.4) is 0 Å². The molecule has 3 nitrogen and oxygen atoms in total. The van der Waals surface area contributed by atoms with E-state index in [0.717, 1.165) is 19.6 Å². The Bertz CT molecular complexity index is 267. The second-order valence-corrected chi connectivity index (χ2v) is 5.03. The first kappa shape index (κ1) is 11.0. The minimum atomic E-state index is 0.699. The number of hydrogen-bond acceptors (Lipinski definition) is 4. The zero-order valence-electron chi connectivity index (χ0n) is 9.28. The van der Waals surface area contributed by atoms with E-state index in [1.54, 1.807) is 11.3 Å². The van der Waals surface area contributed by atoms with Gasteiger partial charge in [-0.2, -0.15) is 0 Å². The van der Waals surface area contributed by atoms with Crippen molar-refractivity contribution in [2.75, 3.05) is 19.6 Å². The van der Waals surface area contributed by atoms with Crippen LogP contribution in [-0.4, -0.2) is 35.6 Å². The van der Waals surface area contributed by atoms with Gasteiger partial charge in [0, 0.05) is 24.2 Å². The molecule has 0 bridgehead atoms. The average molecular weight is 225 g/mol. The van der Waals surface area contributed by atoms with Crippen molar-refractivity contribution in [3.63, 3.8) is 0 Å². The van der Waals surface area contributed by atoms with Crippen molar-refractivity contribution in [2.24, 2.45) is 0 Å². The number of nitrogens with zero attached hydrogens (tertiary/aromatic N) is 2. The Hall–Kier alpha value is -0.450. The number of hydrogen-bond donors (Lipinski definition) is 1. The lowest BCUT2D eigenvalue weighted by Crippen LogP contribution is -2.37. The van der Waals surface area contributed by atoms with Gasteiger partial charge in [-0.3, -0.25) is 4.90 Å². The van der Waals surface area contributed by atoms with Gasteiger partial charge in [0.2, 0.25) is 0 Å². The van der Waals surface area contributed by atoms with E-state index in [4.69, 9.17) is 0 Å². The highest BCUT2D eigenvalue weighted by Crippen LogP contribution is 2.11. The summed E-state index contributed by atoms with van der Waals surface area (Å²) in [5.41, 5.74) is 0. The molecule has 1 aliphatic heterocycles. The van der Waals surface area contributed by atoms with Crippen molar-refractivity contribution in [2.45, 2.75) is 32.4 Å². The summed E-state index contributed by atoms with van der Waals surface area (Å²) in [6.07, 6.45) is 4.55. The van der Waals surface area contributed by atoms with Crippen molar-refractivity contribution in [3.8, 4) is 0 Å². The lowest BCUT2D eigenvalue weighted by molar-refractivity contribution is 0.253. The van der Waals surface area contributed by atoms with Crippen LogP contribution in [-0.2, 0) is 6.54 Å². The second kappa shape index (κ2) is 5.58. The number of thiazole rings is 1. The standard InChI is InChI=1S/C11H19N3S/c1-2-14(8-10-4-3-5-12-10)9-11-13-6-7-15-11/h6-7,10,12H,2-5,8-9H2,1H3. The molecule has 1 aromatic rings. The molecule has 0 aliphatic carbocycles. The van der Waals surface area contributed by atoms with E-state index in [-0.39, 0.29) is 0 Å². The smallest absolute Gasteiger partial charge is 0.107 e. The van der Waals surface area contributed by atoms with Crippen LogP contribution in [0.15, 0.2) is 11.6 Å². The molecule has 4 heteroatoms. The molecule has 2 heterocycles. The van der Waals surface area contributed by atoms with Crippen LogP contribution in [0.2, 0.25) is 0 Å². The lowest BCUT2D eigenvalue weighted by atomic mass is 10.2. The van der Waals surface area contributed by atoms with Crippen molar-refractivity contribution in [1.29, 1.82) is 0 Å². The molecular formula is C11H19N3S. The summed E-state index contributed by atoms with van der Waals surface area (Å²) in [6, 6.07) is 0.699. The number of nitrogens with one attached hydrogen (secondary N) is 1.